The van der Waals surface area contributed by atoms with Crippen LogP contribution in [-0.2, 0) is 18.3 Å². The number of rotatable bonds is 3. The summed E-state index contributed by atoms with van der Waals surface area (Å²) in [5, 5.41) is 11.2. The third kappa shape index (κ3) is 2.77. The van der Waals surface area contributed by atoms with E-state index in [1.54, 1.807) is 0 Å². The van der Waals surface area contributed by atoms with Crippen molar-refractivity contribution in [1.82, 2.24) is 4.98 Å². The molecule has 1 aromatic heterocycles. The molecule has 1 aliphatic rings. The van der Waals surface area contributed by atoms with Crippen LogP contribution in [-0.4, -0.2) is 4.98 Å². The van der Waals surface area contributed by atoms with Crippen LogP contribution in [0.1, 0.15) is 54.0 Å². The van der Waals surface area contributed by atoms with E-state index >= 15 is 0 Å². The molecule has 4 rings (SSSR count). The van der Waals surface area contributed by atoms with E-state index in [-0.39, 0.29) is 11.5 Å². The molecule has 2 aromatic carbocycles. The molecule has 1 heterocycles. The number of nitrogens with zero attached hydrogens (tertiary/aromatic N) is 1. The molecule has 0 radical (unpaired) electrons. The van der Waals surface area contributed by atoms with Crippen LogP contribution in [0.25, 0.3) is 10.9 Å². The molecule has 0 bridgehead atoms. The maximum atomic E-state index is 12.2. The Morgan fingerprint density at radius 3 is 2.78 bits per heavy atom. The fraction of sp³-hybridized carbons (Fsp3) is 0.333. The Hall–Kier alpha value is -2.86. The van der Waals surface area contributed by atoms with Crippen LogP contribution in [0.15, 0.2) is 47.3 Å². The maximum Gasteiger partial charge on any atom is 0.251 e. The van der Waals surface area contributed by atoms with Crippen LogP contribution in [0.4, 0.5) is 0 Å². The highest BCUT2D eigenvalue weighted by Gasteiger charge is 2.41. The lowest BCUT2D eigenvalue weighted by Crippen LogP contribution is -2.27. The van der Waals surface area contributed by atoms with Gasteiger partial charge in [-0.1, -0.05) is 42.8 Å². The zero-order chi connectivity index (χ0) is 19.2. The number of hydrogen-bond acceptors (Lipinski definition) is 2. The maximum absolute atomic E-state index is 12.2. The number of nitrogens with one attached hydrogen (secondary N) is 1. The Kier molecular flexibility index (Phi) is 4.15. The molecule has 0 amide bonds. The minimum Gasteiger partial charge on any atom is -0.322 e. The number of nitriles is 1. The van der Waals surface area contributed by atoms with Crippen molar-refractivity contribution < 1.29 is 0 Å². The van der Waals surface area contributed by atoms with E-state index in [9.17, 15) is 10.1 Å². The first-order chi connectivity index (χ1) is 13.0. The second-order valence-electron chi connectivity index (χ2n) is 7.89. The number of fused-ring (bicyclic) bond motifs is 2. The lowest BCUT2D eigenvalue weighted by molar-refractivity contribution is 0.469. The van der Waals surface area contributed by atoms with Crippen LogP contribution < -0.4 is 5.56 Å². The highest BCUT2D eigenvalue weighted by atomic mass is 16.1. The summed E-state index contributed by atoms with van der Waals surface area (Å²) in [5.74, 6) is 0.163. The molecule has 0 saturated carbocycles. The van der Waals surface area contributed by atoms with Gasteiger partial charge in [0.15, 0.2) is 0 Å². The molecule has 3 heteroatoms. The highest BCUT2D eigenvalue weighted by molar-refractivity contribution is 5.80. The van der Waals surface area contributed by atoms with Crippen molar-refractivity contribution in [3.8, 4) is 6.07 Å². The molecule has 3 aromatic rings. The van der Waals surface area contributed by atoms with Crippen molar-refractivity contribution in [3.63, 3.8) is 0 Å². The first kappa shape index (κ1) is 17.5. The molecule has 3 nitrogen and oxygen atoms in total. The van der Waals surface area contributed by atoms with Crippen molar-refractivity contribution in [3.05, 3.63) is 80.6 Å². The number of aromatic nitrogens is 1. The predicted molar refractivity (Wildman–Crippen MR) is 109 cm³/mol. The standard InChI is InChI=1S/C24H24N2O/c1-4-16-12-18-7-9-19(13-22(18)26-23(16)27)24(3,14-25)21-10-8-17-6-5-15(2)11-20(17)21/h5-7,9,11-13,21H,4,8,10H2,1-3H3,(H,26,27). The van der Waals surface area contributed by atoms with E-state index in [1.807, 2.05) is 32.0 Å². The summed E-state index contributed by atoms with van der Waals surface area (Å²) >= 11 is 0. The predicted octanol–water partition coefficient (Wildman–Crippen LogP) is 4.91. The Balaban J connectivity index is 1.85. The van der Waals surface area contributed by atoms with Crippen LogP contribution in [0, 0.1) is 18.3 Å². The Bertz CT molecular complexity index is 1140. The first-order valence-electron chi connectivity index (χ1n) is 9.63. The summed E-state index contributed by atoms with van der Waals surface area (Å²) in [6, 6.07) is 17.2. The molecule has 27 heavy (non-hydrogen) atoms. The van der Waals surface area contributed by atoms with Gasteiger partial charge in [0.1, 0.15) is 0 Å². The molecular formula is C24H24N2O. The average Bonchev–Trinajstić information content (AvgIpc) is 3.09. The molecule has 0 saturated heterocycles. The minimum absolute atomic E-state index is 0.0392. The summed E-state index contributed by atoms with van der Waals surface area (Å²) in [7, 11) is 0. The Morgan fingerprint density at radius 2 is 2.04 bits per heavy atom. The highest BCUT2D eigenvalue weighted by Crippen LogP contribution is 2.47. The zero-order valence-electron chi connectivity index (χ0n) is 16.1. The van der Waals surface area contributed by atoms with Crippen molar-refractivity contribution in [1.29, 1.82) is 5.26 Å². The van der Waals surface area contributed by atoms with Crippen LogP contribution in [0.2, 0.25) is 0 Å². The second-order valence-corrected chi connectivity index (χ2v) is 7.89. The summed E-state index contributed by atoms with van der Waals surface area (Å²) in [6.45, 7) is 6.12. The van der Waals surface area contributed by atoms with Crippen molar-refractivity contribution in [2.75, 3.05) is 0 Å². The first-order valence-corrected chi connectivity index (χ1v) is 9.63. The summed E-state index contributed by atoms with van der Waals surface area (Å²) in [4.78, 5) is 15.2. The fourth-order valence-electron chi connectivity index (χ4n) is 4.50. The van der Waals surface area contributed by atoms with Gasteiger partial charge in [0.25, 0.3) is 5.56 Å². The Labute approximate surface area is 159 Å². The third-order valence-electron chi connectivity index (χ3n) is 6.21. The van der Waals surface area contributed by atoms with Crippen molar-refractivity contribution in [2.45, 2.75) is 51.4 Å². The minimum atomic E-state index is -0.631. The number of benzene rings is 2. The van der Waals surface area contributed by atoms with E-state index in [4.69, 9.17) is 0 Å². The van der Waals surface area contributed by atoms with Crippen molar-refractivity contribution >= 4 is 10.9 Å². The summed E-state index contributed by atoms with van der Waals surface area (Å²) in [5.41, 5.74) is 5.78. The number of hydrogen-bond donors (Lipinski definition) is 1. The smallest absolute Gasteiger partial charge is 0.251 e. The molecule has 2 atom stereocenters. The topological polar surface area (TPSA) is 56.6 Å². The van der Waals surface area contributed by atoms with Gasteiger partial charge in [-0.25, -0.2) is 0 Å². The van der Waals surface area contributed by atoms with Crippen molar-refractivity contribution in [2.24, 2.45) is 0 Å². The van der Waals surface area contributed by atoms with Gasteiger partial charge in [-0.2, -0.15) is 5.26 Å². The second kappa shape index (κ2) is 6.39. The third-order valence-corrected chi connectivity index (χ3v) is 6.21. The Morgan fingerprint density at radius 1 is 1.22 bits per heavy atom. The molecule has 1 aliphatic carbocycles. The molecular weight excluding hydrogens is 332 g/mol. The van der Waals surface area contributed by atoms with E-state index in [2.05, 4.69) is 42.2 Å². The van der Waals surface area contributed by atoms with Gasteiger partial charge in [0.05, 0.1) is 11.5 Å². The van der Waals surface area contributed by atoms with E-state index in [0.717, 1.165) is 34.9 Å². The number of aryl methyl sites for hydroxylation is 3. The van der Waals surface area contributed by atoms with Gasteiger partial charge in [0, 0.05) is 17.0 Å². The molecule has 136 valence electrons. The summed E-state index contributed by atoms with van der Waals surface area (Å²) < 4.78 is 0. The normalized spacial score (nSPS) is 18.1. The molecule has 1 N–H and O–H groups in total. The molecule has 2 unspecified atom stereocenters. The number of pyridine rings is 1. The largest absolute Gasteiger partial charge is 0.322 e. The van der Waals surface area contributed by atoms with E-state index < -0.39 is 5.41 Å². The van der Waals surface area contributed by atoms with Crippen LogP contribution in [0.3, 0.4) is 0 Å². The SMILES string of the molecule is CCc1cc2ccc(C(C)(C#N)C3CCc4ccc(C)cc43)cc2[nH]c1=O. The molecule has 0 spiro atoms. The average molecular weight is 356 g/mol. The lowest BCUT2D eigenvalue weighted by atomic mass is 9.70. The van der Waals surface area contributed by atoms with Crippen LogP contribution in [0.5, 0.6) is 0 Å². The van der Waals surface area contributed by atoms with E-state index in [0.29, 0.717) is 6.42 Å². The monoisotopic (exact) mass is 356 g/mol. The lowest BCUT2D eigenvalue weighted by Gasteiger charge is -2.30. The number of H-pyrrole nitrogens is 1. The van der Waals surface area contributed by atoms with Gasteiger partial charge in [-0.15, -0.1) is 0 Å². The molecule has 0 fully saturated rings. The van der Waals surface area contributed by atoms with Gasteiger partial charge in [-0.3, -0.25) is 4.79 Å². The quantitative estimate of drug-likeness (QED) is 0.725. The van der Waals surface area contributed by atoms with Gasteiger partial charge in [0.2, 0.25) is 0 Å². The van der Waals surface area contributed by atoms with Gasteiger partial charge < -0.3 is 4.98 Å². The zero-order valence-corrected chi connectivity index (χ0v) is 16.1. The van der Waals surface area contributed by atoms with Gasteiger partial charge >= 0.3 is 0 Å². The summed E-state index contributed by atoms with van der Waals surface area (Å²) in [6.07, 6.45) is 2.70. The molecule has 0 aliphatic heterocycles. The van der Waals surface area contributed by atoms with Gasteiger partial charge in [-0.05, 0) is 67.3 Å². The fourth-order valence-corrected chi connectivity index (χ4v) is 4.50. The van der Waals surface area contributed by atoms with E-state index in [1.165, 1.54) is 16.7 Å². The number of aromatic amines is 1. The van der Waals surface area contributed by atoms with Crippen LogP contribution >= 0.6 is 0 Å².